The minimum absolute atomic E-state index is 0.0400. The van der Waals surface area contributed by atoms with Crippen molar-refractivity contribution in [1.82, 2.24) is 10.6 Å². The molecule has 1 aliphatic rings. The largest absolute Gasteiger partial charge is 0.384 e. The standard InChI is InChI=1S/C33H40F2N2O4/c1-23-18-27(30-7-5-4-6-26(30)14-16-37-24(2)38)10-13-29(23)31-19-36-17-15-33(31,39)28-11-8-25(9-12-28)20-41-22-32(34,35)21-40-3/h4-13,18,31,36,39H,14-17,19-22H2,1-3H3,(H,37,38)/t31-,33+/m1/s1. The van der Waals surface area contributed by atoms with E-state index in [0.29, 0.717) is 26.1 Å². The maximum atomic E-state index is 13.6. The van der Waals surface area contributed by atoms with Gasteiger partial charge in [0.2, 0.25) is 5.91 Å². The molecule has 3 aromatic rings. The van der Waals surface area contributed by atoms with Crippen molar-refractivity contribution in [2.75, 3.05) is 40.0 Å². The van der Waals surface area contributed by atoms with Crippen LogP contribution < -0.4 is 10.6 Å². The molecule has 0 radical (unpaired) electrons. The lowest BCUT2D eigenvalue weighted by Crippen LogP contribution is -2.46. The first-order valence-corrected chi connectivity index (χ1v) is 14.0. The van der Waals surface area contributed by atoms with Gasteiger partial charge in [-0.1, -0.05) is 66.7 Å². The number of carbonyl (C=O) groups excluding carboxylic acids is 1. The van der Waals surface area contributed by atoms with Gasteiger partial charge >= 0.3 is 0 Å². The minimum atomic E-state index is -3.03. The number of rotatable bonds is 12. The van der Waals surface area contributed by atoms with Crippen LogP contribution in [0, 0.1) is 6.92 Å². The highest BCUT2D eigenvalue weighted by Crippen LogP contribution is 2.43. The Kier molecular flexibility index (Phi) is 10.3. The average Bonchev–Trinajstić information content (AvgIpc) is 2.94. The molecule has 3 aromatic carbocycles. The van der Waals surface area contributed by atoms with Crippen molar-refractivity contribution in [3.8, 4) is 11.1 Å². The number of amides is 1. The van der Waals surface area contributed by atoms with Gasteiger partial charge in [-0.3, -0.25) is 4.79 Å². The van der Waals surface area contributed by atoms with E-state index < -0.39 is 24.7 Å². The summed E-state index contributed by atoms with van der Waals surface area (Å²) in [6.07, 6.45) is 1.28. The molecule has 1 saturated heterocycles. The highest BCUT2D eigenvalue weighted by atomic mass is 19.3. The molecule has 0 bridgehead atoms. The molecule has 1 fully saturated rings. The second kappa shape index (κ2) is 13.7. The second-order valence-electron chi connectivity index (χ2n) is 10.9. The Morgan fingerprint density at radius 1 is 1.12 bits per heavy atom. The fraction of sp³-hybridized carbons (Fsp3) is 0.424. The monoisotopic (exact) mass is 566 g/mol. The number of ether oxygens (including phenoxy) is 2. The van der Waals surface area contributed by atoms with Gasteiger partial charge in [0.1, 0.15) is 13.2 Å². The summed E-state index contributed by atoms with van der Waals surface area (Å²) < 4.78 is 37.0. The summed E-state index contributed by atoms with van der Waals surface area (Å²) in [5.41, 5.74) is 6.02. The molecule has 41 heavy (non-hydrogen) atoms. The molecule has 3 N–H and O–H groups in total. The molecule has 2 atom stereocenters. The van der Waals surface area contributed by atoms with Gasteiger partial charge in [0.15, 0.2) is 0 Å². The third-order valence-corrected chi connectivity index (χ3v) is 7.74. The van der Waals surface area contributed by atoms with Gasteiger partial charge < -0.3 is 25.2 Å². The number of piperidine rings is 1. The first kappa shape index (κ1) is 30.8. The van der Waals surface area contributed by atoms with Gasteiger partial charge in [0, 0.05) is 33.0 Å². The van der Waals surface area contributed by atoms with E-state index in [1.807, 2.05) is 36.4 Å². The van der Waals surface area contributed by atoms with Crippen molar-refractivity contribution in [1.29, 1.82) is 0 Å². The minimum Gasteiger partial charge on any atom is -0.384 e. The number of benzene rings is 3. The number of halogens is 2. The molecular formula is C33H40F2N2O4. The molecule has 4 rings (SSSR count). The molecule has 1 aliphatic heterocycles. The van der Waals surface area contributed by atoms with Crippen LogP contribution in [0.3, 0.4) is 0 Å². The normalized spacial score (nSPS) is 19.2. The van der Waals surface area contributed by atoms with Crippen LogP contribution in [0.25, 0.3) is 11.1 Å². The molecular weight excluding hydrogens is 526 g/mol. The molecule has 0 unspecified atom stereocenters. The van der Waals surface area contributed by atoms with Crippen LogP contribution in [0.15, 0.2) is 66.7 Å². The van der Waals surface area contributed by atoms with Crippen LogP contribution >= 0.6 is 0 Å². The predicted octanol–water partition coefficient (Wildman–Crippen LogP) is 5.10. The van der Waals surface area contributed by atoms with Crippen LogP contribution in [0.4, 0.5) is 8.78 Å². The molecule has 0 aromatic heterocycles. The molecule has 1 heterocycles. The summed E-state index contributed by atoms with van der Waals surface area (Å²) in [6, 6.07) is 22.0. The quantitative estimate of drug-likeness (QED) is 0.284. The van der Waals surface area contributed by atoms with Crippen molar-refractivity contribution >= 4 is 5.91 Å². The first-order valence-electron chi connectivity index (χ1n) is 14.0. The van der Waals surface area contributed by atoms with Crippen molar-refractivity contribution in [2.45, 2.75) is 50.7 Å². The van der Waals surface area contributed by atoms with Gasteiger partial charge in [-0.15, -0.1) is 0 Å². The van der Waals surface area contributed by atoms with E-state index in [2.05, 4.69) is 52.6 Å². The van der Waals surface area contributed by atoms with Crippen LogP contribution in [-0.2, 0) is 32.9 Å². The predicted molar refractivity (Wildman–Crippen MR) is 156 cm³/mol. The Balaban J connectivity index is 1.52. The Bertz CT molecular complexity index is 1310. The highest BCUT2D eigenvalue weighted by molar-refractivity contribution is 5.73. The Morgan fingerprint density at radius 2 is 1.88 bits per heavy atom. The van der Waals surface area contributed by atoms with Gasteiger partial charge in [-0.25, -0.2) is 8.78 Å². The number of aliphatic hydroxyl groups is 1. The average molecular weight is 567 g/mol. The highest BCUT2D eigenvalue weighted by Gasteiger charge is 2.42. The summed E-state index contributed by atoms with van der Waals surface area (Å²) in [6.45, 7) is 4.15. The van der Waals surface area contributed by atoms with Crippen LogP contribution in [-0.4, -0.2) is 56.9 Å². The topological polar surface area (TPSA) is 79.8 Å². The van der Waals surface area contributed by atoms with E-state index in [0.717, 1.165) is 45.4 Å². The molecule has 1 amide bonds. The van der Waals surface area contributed by atoms with E-state index in [1.54, 1.807) is 0 Å². The third kappa shape index (κ3) is 7.77. The molecule has 0 spiro atoms. The molecule has 8 heteroatoms. The van der Waals surface area contributed by atoms with E-state index in [-0.39, 0.29) is 18.4 Å². The summed E-state index contributed by atoms with van der Waals surface area (Å²) in [7, 11) is 1.23. The third-order valence-electron chi connectivity index (χ3n) is 7.74. The van der Waals surface area contributed by atoms with E-state index >= 15 is 0 Å². The van der Waals surface area contributed by atoms with Crippen molar-refractivity contribution in [3.05, 3.63) is 94.5 Å². The summed E-state index contributed by atoms with van der Waals surface area (Å²) in [5, 5.41) is 18.4. The number of methoxy groups -OCH3 is 1. The lowest BCUT2D eigenvalue weighted by molar-refractivity contribution is -0.119. The zero-order chi connectivity index (χ0) is 29.5. The zero-order valence-electron chi connectivity index (χ0n) is 24.0. The molecule has 0 aliphatic carbocycles. The first-order chi connectivity index (χ1) is 19.6. The van der Waals surface area contributed by atoms with E-state index in [4.69, 9.17) is 4.74 Å². The van der Waals surface area contributed by atoms with Gasteiger partial charge in [0.05, 0.1) is 12.2 Å². The van der Waals surface area contributed by atoms with E-state index in [1.165, 1.54) is 14.0 Å². The number of aryl methyl sites for hydroxylation is 1. The fourth-order valence-corrected chi connectivity index (χ4v) is 5.67. The summed E-state index contributed by atoms with van der Waals surface area (Å²) in [4.78, 5) is 11.3. The van der Waals surface area contributed by atoms with E-state index in [9.17, 15) is 18.7 Å². The number of hydrogen-bond acceptors (Lipinski definition) is 5. The Hall–Kier alpha value is -3.17. The van der Waals surface area contributed by atoms with Crippen molar-refractivity contribution < 1.29 is 28.2 Å². The summed E-state index contributed by atoms with van der Waals surface area (Å²) in [5.74, 6) is -3.24. The van der Waals surface area contributed by atoms with Gasteiger partial charge in [-0.2, -0.15) is 0 Å². The SMILES string of the molecule is COCC(F)(F)COCc1ccc([C@@]2(O)CCNC[C@@H]2c2ccc(-c3ccccc3CCNC(C)=O)cc2C)cc1. The smallest absolute Gasteiger partial charge is 0.293 e. The van der Waals surface area contributed by atoms with Crippen molar-refractivity contribution in [2.24, 2.45) is 0 Å². The maximum absolute atomic E-state index is 13.6. The Morgan fingerprint density at radius 3 is 2.59 bits per heavy atom. The lowest BCUT2D eigenvalue weighted by atomic mass is 9.72. The fourth-order valence-electron chi connectivity index (χ4n) is 5.67. The second-order valence-corrected chi connectivity index (χ2v) is 10.9. The number of carbonyl (C=O) groups is 1. The summed E-state index contributed by atoms with van der Waals surface area (Å²) >= 11 is 0. The molecule has 6 nitrogen and oxygen atoms in total. The lowest BCUT2D eigenvalue weighted by Gasteiger charge is -2.42. The van der Waals surface area contributed by atoms with Gasteiger partial charge in [0.25, 0.3) is 5.92 Å². The maximum Gasteiger partial charge on any atom is 0.293 e. The van der Waals surface area contributed by atoms with Crippen LogP contribution in [0.5, 0.6) is 0 Å². The van der Waals surface area contributed by atoms with Gasteiger partial charge in [-0.05, 0) is 65.3 Å². The zero-order valence-corrected chi connectivity index (χ0v) is 24.0. The van der Waals surface area contributed by atoms with Crippen LogP contribution in [0.1, 0.15) is 47.1 Å². The van der Waals surface area contributed by atoms with Crippen LogP contribution in [0.2, 0.25) is 0 Å². The molecule has 0 saturated carbocycles. The Labute approximate surface area is 241 Å². The van der Waals surface area contributed by atoms with Crippen molar-refractivity contribution in [3.63, 3.8) is 0 Å². The molecule has 220 valence electrons. The number of alkyl halides is 2. The number of nitrogens with one attached hydrogen (secondary N) is 2. The number of hydrogen-bond donors (Lipinski definition) is 3.